The van der Waals surface area contributed by atoms with Crippen molar-refractivity contribution in [2.75, 3.05) is 42.4 Å². The summed E-state index contributed by atoms with van der Waals surface area (Å²) in [6, 6.07) is 21.0. The van der Waals surface area contributed by atoms with Crippen molar-refractivity contribution in [3.05, 3.63) is 83.4 Å². The van der Waals surface area contributed by atoms with Crippen molar-refractivity contribution < 1.29 is 17.9 Å². The van der Waals surface area contributed by atoms with Gasteiger partial charge in [-0.05, 0) is 61.0 Å². The molecule has 0 spiro atoms. The summed E-state index contributed by atoms with van der Waals surface area (Å²) in [5, 5.41) is 0.689. The van der Waals surface area contributed by atoms with Crippen LogP contribution in [-0.4, -0.2) is 52.0 Å². The average Bonchev–Trinajstić information content (AvgIpc) is 2.83. The molecule has 1 fully saturated rings. The van der Waals surface area contributed by atoms with Gasteiger partial charge in [0.15, 0.2) is 6.61 Å². The largest absolute Gasteiger partial charge is 0.483 e. The summed E-state index contributed by atoms with van der Waals surface area (Å²) in [6.45, 7) is 4.27. The SMILES string of the molecule is Cc1cc(S(=O)(=O)Nc2ccccc2)ccc1OCC(=O)N1CCN(c2cccc(Cl)c2)CC1. The predicted molar refractivity (Wildman–Crippen MR) is 134 cm³/mol. The van der Waals surface area contributed by atoms with Gasteiger partial charge in [-0.3, -0.25) is 9.52 Å². The van der Waals surface area contributed by atoms with Gasteiger partial charge in [0.25, 0.3) is 15.9 Å². The standard InChI is InChI=1S/C25H26ClN3O4S/c1-19-16-23(34(31,32)27-21-7-3-2-4-8-21)10-11-24(19)33-18-25(30)29-14-12-28(13-15-29)22-9-5-6-20(26)17-22/h2-11,16-17,27H,12-15,18H2,1H3. The number of ether oxygens (including phenoxy) is 1. The Bertz CT molecular complexity index is 1260. The third-order valence-electron chi connectivity index (χ3n) is 5.64. The molecule has 0 aliphatic carbocycles. The molecule has 0 saturated carbocycles. The first-order chi connectivity index (χ1) is 16.3. The molecule has 1 saturated heterocycles. The van der Waals surface area contributed by atoms with Gasteiger partial charge in [-0.1, -0.05) is 35.9 Å². The van der Waals surface area contributed by atoms with E-state index in [2.05, 4.69) is 9.62 Å². The zero-order chi connectivity index (χ0) is 24.1. The first-order valence-electron chi connectivity index (χ1n) is 10.9. The van der Waals surface area contributed by atoms with Gasteiger partial charge in [0.2, 0.25) is 0 Å². The molecule has 1 heterocycles. The van der Waals surface area contributed by atoms with Crippen LogP contribution in [0.3, 0.4) is 0 Å². The summed E-state index contributed by atoms with van der Waals surface area (Å²) in [5.74, 6) is 0.372. The number of sulfonamides is 1. The van der Waals surface area contributed by atoms with Crippen LogP contribution in [0.2, 0.25) is 5.02 Å². The van der Waals surface area contributed by atoms with Gasteiger partial charge in [0.05, 0.1) is 4.90 Å². The van der Waals surface area contributed by atoms with Crippen LogP contribution in [0.1, 0.15) is 5.56 Å². The van der Waals surface area contributed by atoms with Crippen LogP contribution in [0.15, 0.2) is 77.7 Å². The van der Waals surface area contributed by atoms with E-state index in [1.54, 1.807) is 42.2 Å². The maximum absolute atomic E-state index is 12.7. The van der Waals surface area contributed by atoms with Crippen LogP contribution in [0.5, 0.6) is 5.75 Å². The number of rotatable bonds is 7. The summed E-state index contributed by atoms with van der Waals surface area (Å²) in [4.78, 5) is 16.8. The maximum Gasteiger partial charge on any atom is 0.261 e. The van der Waals surface area contributed by atoms with E-state index in [1.807, 2.05) is 30.3 Å². The molecule has 0 atom stereocenters. The number of halogens is 1. The first kappa shape index (κ1) is 23.9. The molecule has 178 valence electrons. The lowest BCUT2D eigenvalue weighted by Gasteiger charge is -2.36. The van der Waals surface area contributed by atoms with Crippen molar-refractivity contribution in [2.45, 2.75) is 11.8 Å². The smallest absolute Gasteiger partial charge is 0.261 e. The van der Waals surface area contributed by atoms with Crippen molar-refractivity contribution in [1.82, 2.24) is 4.90 Å². The van der Waals surface area contributed by atoms with Gasteiger partial charge in [-0.15, -0.1) is 0 Å². The molecule has 0 unspecified atom stereocenters. The number of carbonyl (C=O) groups excluding carboxylic acids is 1. The Morgan fingerprint density at radius 3 is 2.38 bits per heavy atom. The fourth-order valence-electron chi connectivity index (χ4n) is 3.79. The van der Waals surface area contributed by atoms with E-state index < -0.39 is 10.0 Å². The van der Waals surface area contributed by atoms with Gasteiger partial charge >= 0.3 is 0 Å². The van der Waals surface area contributed by atoms with E-state index in [0.717, 1.165) is 5.69 Å². The average molecular weight is 500 g/mol. The topological polar surface area (TPSA) is 78.9 Å². The maximum atomic E-state index is 12.7. The number of nitrogens with one attached hydrogen (secondary N) is 1. The second kappa shape index (κ2) is 10.4. The highest BCUT2D eigenvalue weighted by Crippen LogP contribution is 2.24. The lowest BCUT2D eigenvalue weighted by atomic mass is 10.2. The van der Waals surface area contributed by atoms with Crippen molar-refractivity contribution in [3.8, 4) is 5.75 Å². The van der Waals surface area contributed by atoms with Crippen LogP contribution in [0.25, 0.3) is 0 Å². The molecular formula is C25H26ClN3O4S. The molecule has 1 N–H and O–H groups in total. The molecule has 3 aromatic rings. The summed E-state index contributed by atoms with van der Waals surface area (Å²) >= 11 is 6.08. The van der Waals surface area contributed by atoms with E-state index in [-0.39, 0.29) is 17.4 Å². The van der Waals surface area contributed by atoms with Crippen molar-refractivity contribution in [1.29, 1.82) is 0 Å². The van der Waals surface area contributed by atoms with Crippen LogP contribution in [-0.2, 0) is 14.8 Å². The van der Waals surface area contributed by atoms with E-state index >= 15 is 0 Å². The molecule has 4 rings (SSSR count). The summed E-state index contributed by atoms with van der Waals surface area (Å²) in [7, 11) is -3.73. The van der Waals surface area contributed by atoms with Crippen LogP contribution >= 0.6 is 11.6 Å². The van der Waals surface area contributed by atoms with Crippen LogP contribution < -0.4 is 14.4 Å². The molecule has 1 aliphatic rings. The molecular weight excluding hydrogens is 474 g/mol. The highest BCUT2D eigenvalue weighted by atomic mass is 35.5. The number of hydrogen-bond acceptors (Lipinski definition) is 5. The summed E-state index contributed by atoms with van der Waals surface area (Å²) in [6.07, 6.45) is 0. The number of aryl methyl sites for hydroxylation is 1. The number of piperazine rings is 1. The number of anilines is 2. The number of para-hydroxylation sites is 1. The second-order valence-corrected chi connectivity index (χ2v) is 10.2. The minimum Gasteiger partial charge on any atom is -0.483 e. The molecule has 34 heavy (non-hydrogen) atoms. The quantitative estimate of drug-likeness (QED) is 0.527. The molecule has 7 nitrogen and oxygen atoms in total. The second-order valence-electron chi connectivity index (χ2n) is 8.04. The van der Waals surface area contributed by atoms with E-state index in [9.17, 15) is 13.2 Å². The minimum absolute atomic E-state index is 0.104. The van der Waals surface area contributed by atoms with Gasteiger partial charge in [0.1, 0.15) is 5.75 Å². The Hall–Kier alpha value is -3.23. The lowest BCUT2D eigenvalue weighted by Crippen LogP contribution is -2.50. The Morgan fingerprint density at radius 1 is 0.971 bits per heavy atom. The molecule has 9 heteroatoms. The Morgan fingerprint density at radius 2 is 1.71 bits per heavy atom. The van der Waals surface area contributed by atoms with Gasteiger partial charge in [0, 0.05) is 42.6 Å². The van der Waals surface area contributed by atoms with Gasteiger partial charge < -0.3 is 14.5 Å². The summed E-state index contributed by atoms with van der Waals surface area (Å²) in [5.41, 5.74) is 2.17. The zero-order valence-electron chi connectivity index (χ0n) is 18.8. The van der Waals surface area contributed by atoms with Gasteiger partial charge in [-0.2, -0.15) is 0 Å². The fourth-order valence-corrected chi connectivity index (χ4v) is 5.12. The minimum atomic E-state index is -3.73. The molecule has 3 aromatic carbocycles. The Labute approximate surface area is 205 Å². The highest BCUT2D eigenvalue weighted by molar-refractivity contribution is 7.92. The van der Waals surface area contributed by atoms with Gasteiger partial charge in [-0.25, -0.2) is 8.42 Å². The molecule has 0 radical (unpaired) electrons. The predicted octanol–water partition coefficient (Wildman–Crippen LogP) is 4.18. The molecule has 0 aromatic heterocycles. The van der Waals surface area contributed by atoms with Crippen LogP contribution in [0.4, 0.5) is 11.4 Å². The number of amides is 1. The summed E-state index contributed by atoms with van der Waals surface area (Å²) < 4.78 is 33.6. The monoisotopic (exact) mass is 499 g/mol. The van der Waals surface area contributed by atoms with Crippen LogP contribution in [0, 0.1) is 6.92 Å². The van der Waals surface area contributed by atoms with E-state index in [4.69, 9.17) is 16.3 Å². The number of nitrogens with zero attached hydrogens (tertiary/aromatic N) is 2. The van der Waals surface area contributed by atoms with E-state index in [1.165, 1.54) is 12.1 Å². The Balaban J connectivity index is 1.32. The number of carbonyl (C=O) groups is 1. The number of benzene rings is 3. The van der Waals surface area contributed by atoms with E-state index in [0.29, 0.717) is 48.2 Å². The zero-order valence-corrected chi connectivity index (χ0v) is 20.3. The molecule has 1 aliphatic heterocycles. The van der Waals surface area contributed by atoms with Crippen molar-refractivity contribution >= 4 is 38.9 Å². The highest BCUT2D eigenvalue weighted by Gasteiger charge is 2.22. The third kappa shape index (κ3) is 5.81. The molecule has 0 bridgehead atoms. The lowest BCUT2D eigenvalue weighted by molar-refractivity contribution is -0.133. The normalized spacial score (nSPS) is 14.1. The Kier molecular flexibility index (Phi) is 7.29. The third-order valence-corrected chi connectivity index (χ3v) is 7.25. The number of hydrogen-bond donors (Lipinski definition) is 1. The fraction of sp³-hybridized carbons (Fsp3) is 0.240. The molecule has 1 amide bonds. The van der Waals surface area contributed by atoms with Crippen molar-refractivity contribution in [2.24, 2.45) is 0 Å². The first-order valence-corrected chi connectivity index (χ1v) is 12.8. The van der Waals surface area contributed by atoms with Crippen molar-refractivity contribution in [3.63, 3.8) is 0 Å².